The quantitative estimate of drug-likeness (QED) is 0.00731. The van der Waals surface area contributed by atoms with Crippen LogP contribution in [-0.4, -0.2) is 225 Å². The standard InChI is InChI=1S/C59H92N22O21/c1-27(2)21-38(74-48(88)32-11-7-8-12-33(32)60)52(92)70-29(5)46(86)71-37(17-18-44(61)85)49(89)69-30(6)47(87)79-45(28(3)4)56(96)73-36(14-10-20-67-59(64)65)51(91)76-41(25-83)54(94)78-42(26-84)55(95)77-40(24-82)53(93)72-35(13-9-19-66-58(62)63)50(90)75-39(57(97)98)23-68-34-16-15-31(80(99)100)22-43(34)81(101)102/h7-8,11-12,15-16,22,27-30,35-42,45,68,82-84H,9-10,13-14,17-21,23-26,60H2,1-6H3,(H2,61,85)(H,69,89)(H,70,92)(H,71,86)(H,72,93)(H,73,96)(H,74,88)(H,75,90)(H,76,91)(H,77,95)(H,78,94)(H,79,87)(H,97,98)(H4,62,63,66)(H4,64,65,67)/t29-,30-,35-,36-,37-,38-,39-,40-,41-,42-,45-/m0/s1. The molecule has 564 valence electrons. The van der Waals surface area contributed by atoms with Gasteiger partial charge in [0.25, 0.3) is 17.3 Å². The molecule has 0 spiro atoms. The summed E-state index contributed by atoms with van der Waals surface area (Å²) in [4.78, 5) is 203. The van der Waals surface area contributed by atoms with E-state index in [-0.39, 0.29) is 80.0 Å². The molecule has 2 aromatic carbocycles. The second-order valence-electron chi connectivity index (χ2n) is 23.7. The molecule has 0 radical (unpaired) electrons. The maximum atomic E-state index is 14.1. The van der Waals surface area contributed by atoms with Gasteiger partial charge in [0, 0.05) is 37.8 Å². The molecule has 43 heteroatoms. The molecule has 0 aliphatic rings. The minimum absolute atomic E-state index is 0.0368. The zero-order valence-corrected chi connectivity index (χ0v) is 56.7. The lowest BCUT2D eigenvalue weighted by Crippen LogP contribution is -2.62. The van der Waals surface area contributed by atoms with Crippen LogP contribution in [0.25, 0.3) is 0 Å². The van der Waals surface area contributed by atoms with Crippen LogP contribution < -0.4 is 98.2 Å². The lowest BCUT2D eigenvalue weighted by atomic mass is 10.0. The monoisotopic (exact) mass is 1440 g/mol. The summed E-state index contributed by atoms with van der Waals surface area (Å²) in [5.41, 5.74) is 31.4. The average Bonchev–Trinajstić information content (AvgIpc) is 0.849. The van der Waals surface area contributed by atoms with Crippen molar-refractivity contribution in [2.45, 2.75) is 153 Å². The third kappa shape index (κ3) is 29.8. The van der Waals surface area contributed by atoms with E-state index in [1.807, 2.05) is 5.32 Å². The van der Waals surface area contributed by atoms with Crippen molar-refractivity contribution in [3.8, 4) is 0 Å². The second kappa shape index (κ2) is 43.0. The van der Waals surface area contributed by atoms with Gasteiger partial charge in [0.2, 0.25) is 65.0 Å². The number of carbonyl (C=O) groups is 13. The first-order valence-corrected chi connectivity index (χ1v) is 31.7. The number of carbonyl (C=O) groups excluding carboxylic acids is 12. The molecule has 0 unspecified atom stereocenters. The Labute approximate surface area is 583 Å². The van der Waals surface area contributed by atoms with E-state index in [9.17, 15) is 103 Å². The number of primary amides is 1. The van der Waals surface area contributed by atoms with Gasteiger partial charge < -0.3 is 119 Å². The van der Waals surface area contributed by atoms with Crippen LogP contribution >= 0.6 is 0 Å². The fourth-order valence-corrected chi connectivity index (χ4v) is 9.16. The van der Waals surface area contributed by atoms with E-state index in [0.717, 1.165) is 12.1 Å². The number of para-hydroxylation sites is 1. The van der Waals surface area contributed by atoms with Gasteiger partial charge in [-0.2, -0.15) is 0 Å². The minimum atomic E-state index is -2.03. The molecule has 0 saturated heterocycles. The van der Waals surface area contributed by atoms with Crippen molar-refractivity contribution in [2.24, 2.45) is 50.5 Å². The third-order valence-corrected chi connectivity index (χ3v) is 14.7. The molecule has 0 fully saturated rings. The van der Waals surface area contributed by atoms with Crippen LogP contribution in [0, 0.1) is 32.1 Å². The van der Waals surface area contributed by atoms with Gasteiger partial charge in [-0.25, -0.2) is 4.79 Å². The number of aliphatic hydroxyl groups is 3. The molecule has 0 aliphatic heterocycles. The predicted molar refractivity (Wildman–Crippen MR) is 362 cm³/mol. The molecule has 2 aromatic rings. The molecule has 12 amide bonds. The van der Waals surface area contributed by atoms with Crippen molar-refractivity contribution in [2.75, 3.05) is 50.5 Å². The molecular formula is C59H92N22O21. The summed E-state index contributed by atoms with van der Waals surface area (Å²) in [6.45, 7) is 4.35. The number of carboxylic acids is 1. The molecule has 43 nitrogen and oxygen atoms in total. The zero-order chi connectivity index (χ0) is 77.2. The molecule has 102 heavy (non-hydrogen) atoms. The third-order valence-electron chi connectivity index (χ3n) is 14.7. The molecule has 0 aliphatic carbocycles. The van der Waals surface area contributed by atoms with Gasteiger partial charge in [0.05, 0.1) is 41.3 Å². The molecule has 0 heterocycles. The van der Waals surface area contributed by atoms with E-state index in [1.165, 1.54) is 39.8 Å². The lowest BCUT2D eigenvalue weighted by molar-refractivity contribution is -0.393. The zero-order valence-electron chi connectivity index (χ0n) is 56.7. The van der Waals surface area contributed by atoms with E-state index in [1.54, 1.807) is 26.0 Å². The van der Waals surface area contributed by atoms with Gasteiger partial charge in [-0.15, -0.1) is 0 Å². The number of aliphatic carboxylic acids is 1. The van der Waals surface area contributed by atoms with Gasteiger partial charge in [-0.1, -0.05) is 39.8 Å². The Morgan fingerprint density at radius 1 is 0.490 bits per heavy atom. The summed E-state index contributed by atoms with van der Waals surface area (Å²) in [6.07, 6.45) is -1.45. The number of carboxylic acid groups (broad SMARTS) is 1. The number of hydrogen-bond donors (Lipinski definition) is 22. The van der Waals surface area contributed by atoms with Gasteiger partial charge >= 0.3 is 5.97 Å². The minimum Gasteiger partial charge on any atom is -0.480 e. The van der Waals surface area contributed by atoms with Gasteiger partial charge in [-0.05, 0) is 82.4 Å². The van der Waals surface area contributed by atoms with Crippen LogP contribution in [-0.2, 0) is 57.5 Å². The highest BCUT2D eigenvalue weighted by Gasteiger charge is 2.37. The molecule has 28 N–H and O–H groups in total. The lowest BCUT2D eigenvalue weighted by Gasteiger charge is -2.28. The Morgan fingerprint density at radius 2 is 0.902 bits per heavy atom. The van der Waals surface area contributed by atoms with Crippen LogP contribution in [0.4, 0.5) is 22.7 Å². The first-order chi connectivity index (χ1) is 47.8. The number of non-ortho nitro benzene ring substituents is 1. The Hall–Kier alpha value is -11.6. The highest BCUT2D eigenvalue weighted by molar-refractivity contribution is 6.03. The van der Waals surface area contributed by atoms with Crippen LogP contribution in [0.5, 0.6) is 0 Å². The van der Waals surface area contributed by atoms with Crippen LogP contribution in [0.3, 0.4) is 0 Å². The van der Waals surface area contributed by atoms with Crippen LogP contribution in [0.15, 0.2) is 52.4 Å². The molecule has 0 aromatic heterocycles. The fourth-order valence-electron chi connectivity index (χ4n) is 9.16. The summed E-state index contributed by atoms with van der Waals surface area (Å²) in [6, 6.07) is -9.71. The smallest absolute Gasteiger partial charge is 0.328 e. The number of aliphatic imine (C=N–C) groups is 2. The number of amides is 12. The summed E-state index contributed by atoms with van der Waals surface area (Å²) in [5.74, 6) is -16.0. The maximum Gasteiger partial charge on any atom is 0.328 e. The Bertz CT molecular complexity index is 3380. The number of guanidine groups is 2. The fraction of sp³-hybridized carbons (Fsp3) is 0.542. The van der Waals surface area contributed by atoms with E-state index in [0.29, 0.717) is 6.07 Å². The highest BCUT2D eigenvalue weighted by atomic mass is 16.6. The highest BCUT2D eigenvalue weighted by Crippen LogP contribution is 2.29. The van der Waals surface area contributed by atoms with Crippen molar-refractivity contribution in [1.82, 2.24) is 58.5 Å². The second-order valence-corrected chi connectivity index (χ2v) is 23.7. The predicted octanol–water partition coefficient (Wildman–Crippen LogP) is -7.68. The molecule has 0 bridgehead atoms. The number of rotatable bonds is 45. The summed E-state index contributed by atoms with van der Waals surface area (Å²) >= 11 is 0. The average molecular weight is 1450 g/mol. The largest absolute Gasteiger partial charge is 0.480 e. The summed E-state index contributed by atoms with van der Waals surface area (Å²) in [5, 5.41) is 91.6. The number of nitrogens with two attached hydrogens (primary N) is 6. The van der Waals surface area contributed by atoms with Crippen molar-refractivity contribution in [3.63, 3.8) is 0 Å². The van der Waals surface area contributed by atoms with Gasteiger partial charge in [0.1, 0.15) is 72.1 Å². The Kier molecular flexibility index (Phi) is 36.5. The number of nitro groups is 2. The molecule has 2 rings (SSSR count). The number of nitrogens with one attached hydrogen (secondary N) is 12. The van der Waals surface area contributed by atoms with Crippen molar-refractivity contribution < 1.29 is 92.6 Å². The maximum absolute atomic E-state index is 14.1. The SMILES string of the molecule is CC(C)C[C@H](NC(=O)c1ccccc1N)C(=O)N[C@@H](C)C(=O)N[C@@H](CCC(N)=O)C(=O)N[C@@H](C)C(=O)N[C@H](C(=O)N[C@@H](CCCN=C(N)N)C(=O)N[C@@H](CO)C(=O)N[C@@H](CO)C(=O)N[C@@H](CO)C(=O)N[C@@H](CCCN=C(N)N)C(=O)N[C@@H](CNc1ccc([N+](=O)[O-])cc1[N+](=O)[O-])C(=O)O)C(C)C. The topological polar surface area (TPSA) is 714 Å². The molecular weight excluding hydrogens is 1350 g/mol. The molecule has 0 saturated carbocycles. The number of nitrogen functional groups attached to an aromatic ring is 1. The number of aliphatic hydroxyl groups excluding tert-OH is 3. The number of nitrogens with zero attached hydrogens (tertiary/aromatic N) is 4. The number of hydrogen-bond acceptors (Lipinski definition) is 24. The van der Waals surface area contributed by atoms with E-state index in [2.05, 4.69) is 68.5 Å². The van der Waals surface area contributed by atoms with Crippen LogP contribution in [0.1, 0.15) is 96.8 Å². The van der Waals surface area contributed by atoms with E-state index in [4.69, 9.17) is 34.4 Å². The van der Waals surface area contributed by atoms with Crippen molar-refractivity contribution in [1.29, 1.82) is 0 Å². The van der Waals surface area contributed by atoms with E-state index >= 15 is 0 Å². The number of anilines is 2. The first kappa shape index (κ1) is 86.5. The van der Waals surface area contributed by atoms with E-state index < -0.39 is 210 Å². The first-order valence-electron chi connectivity index (χ1n) is 31.7. The summed E-state index contributed by atoms with van der Waals surface area (Å²) < 4.78 is 0. The Balaban J connectivity index is 2.28. The van der Waals surface area contributed by atoms with Crippen molar-refractivity contribution >= 4 is 112 Å². The number of nitro benzene ring substituents is 2. The normalized spacial score (nSPS) is 14.1. The van der Waals surface area contributed by atoms with Gasteiger partial charge in [-0.3, -0.25) is 87.7 Å². The van der Waals surface area contributed by atoms with Crippen molar-refractivity contribution in [3.05, 3.63) is 68.3 Å². The number of benzene rings is 2. The van der Waals surface area contributed by atoms with Gasteiger partial charge in [0.15, 0.2) is 11.9 Å². The summed E-state index contributed by atoms with van der Waals surface area (Å²) in [7, 11) is 0. The molecule has 11 atom stereocenters. The van der Waals surface area contributed by atoms with Crippen LogP contribution in [0.2, 0.25) is 0 Å². The Morgan fingerprint density at radius 3 is 1.32 bits per heavy atom.